The molecule has 2 amide bonds. The quantitative estimate of drug-likeness (QED) is 0.261. The van der Waals surface area contributed by atoms with Gasteiger partial charge < -0.3 is 19.6 Å². The predicted octanol–water partition coefficient (Wildman–Crippen LogP) is 4.67. The van der Waals surface area contributed by atoms with E-state index in [1.807, 2.05) is 37.3 Å². The highest BCUT2D eigenvalue weighted by molar-refractivity contribution is 5.97. The zero-order valence-electron chi connectivity index (χ0n) is 21.1. The van der Waals surface area contributed by atoms with Crippen LogP contribution in [0.25, 0.3) is 0 Å². The summed E-state index contributed by atoms with van der Waals surface area (Å²) in [7, 11) is 1.55. The maximum Gasteiger partial charge on any atom is 0.434 e. The first kappa shape index (κ1) is 27.2. The van der Waals surface area contributed by atoms with Gasteiger partial charge in [0.15, 0.2) is 0 Å². The van der Waals surface area contributed by atoms with Gasteiger partial charge in [-0.25, -0.2) is 4.79 Å². The molecule has 2 aromatic carbocycles. The van der Waals surface area contributed by atoms with Crippen LogP contribution in [0.5, 0.6) is 5.75 Å². The Labute approximate surface area is 212 Å². The third kappa shape index (κ3) is 7.07. The number of benzene rings is 2. The summed E-state index contributed by atoms with van der Waals surface area (Å²) in [5.41, 5.74) is 1.38. The van der Waals surface area contributed by atoms with Crippen molar-refractivity contribution >= 4 is 18.3 Å². The summed E-state index contributed by atoms with van der Waals surface area (Å²) in [5, 5.41) is 4.32. The van der Waals surface area contributed by atoms with Crippen molar-refractivity contribution in [3.63, 3.8) is 0 Å². The lowest BCUT2D eigenvalue weighted by atomic mass is 9.68. The molecule has 1 saturated carbocycles. The minimum Gasteiger partial charge on any atom is -0.496 e. The molecule has 0 atom stereocenters. The number of carbonyl (C=O) groups excluding carboxylic acids is 3. The largest absolute Gasteiger partial charge is 0.496 e. The van der Waals surface area contributed by atoms with E-state index in [0.717, 1.165) is 24.7 Å². The summed E-state index contributed by atoms with van der Waals surface area (Å²) >= 11 is 0. The van der Waals surface area contributed by atoms with Gasteiger partial charge in [0.1, 0.15) is 18.1 Å². The van der Waals surface area contributed by atoms with E-state index in [4.69, 9.17) is 14.3 Å². The second kappa shape index (κ2) is 13.6. The minimum absolute atomic E-state index is 0.145. The molecule has 0 aromatic heterocycles. The van der Waals surface area contributed by atoms with Gasteiger partial charge in [0.05, 0.1) is 25.8 Å². The molecule has 0 unspecified atom stereocenters. The molecule has 0 bridgehead atoms. The Hall–Kier alpha value is -3.39. The molecule has 0 saturated heterocycles. The molecule has 0 radical (unpaired) electrons. The second-order valence-electron chi connectivity index (χ2n) is 9.00. The molecule has 0 spiro atoms. The number of rotatable bonds is 12. The average molecular weight is 497 g/mol. The number of aldehydes is 1. The van der Waals surface area contributed by atoms with Crippen molar-refractivity contribution in [1.82, 2.24) is 10.4 Å². The van der Waals surface area contributed by atoms with E-state index >= 15 is 0 Å². The summed E-state index contributed by atoms with van der Waals surface area (Å²) in [6.07, 6.45) is 3.76. The highest BCUT2D eigenvalue weighted by Crippen LogP contribution is 2.40. The fourth-order valence-corrected chi connectivity index (χ4v) is 4.62. The van der Waals surface area contributed by atoms with E-state index in [9.17, 15) is 14.4 Å². The van der Waals surface area contributed by atoms with E-state index in [0.29, 0.717) is 43.7 Å². The fourth-order valence-electron chi connectivity index (χ4n) is 4.62. The second-order valence-corrected chi connectivity index (χ2v) is 9.00. The van der Waals surface area contributed by atoms with Crippen molar-refractivity contribution in [3.8, 4) is 5.75 Å². The van der Waals surface area contributed by atoms with Crippen molar-refractivity contribution in [2.75, 3.05) is 26.8 Å². The van der Waals surface area contributed by atoms with Gasteiger partial charge in [-0.05, 0) is 49.8 Å². The first-order valence-corrected chi connectivity index (χ1v) is 12.5. The highest BCUT2D eigenvalue weighted by Gasteiger charge is 2.39. The Morgan fingerprint density at radius 1 is 1.08 bits per heavy atom. The van der Waals surface area contributed by atoms with Crippen LogP contribution in [0.3, 0.4) is 0 Å². The monoisotopic (exact) mass is 496 g/mol. The summed E-state index contributed by atoms with van der Waals surface area (Å²) in [4.78, 5) is 41.7. The van der Waals surface area contributed by atoms with Crippen molar-refractivity contribution in [1.29, 1.82) is 0 Å². The lowest BCUT2D eigenvalue weighted by Crippen LogP contribution is -2.45. The maximum absolute atomic E-state index is 13.0. The third-order valence-electron chi connectivity index (χ3n) is 6.60. The first-order valence-electron chi connectivity index (χ1n) is 12.5. The average Bonchev–Trinajstić information content (AvgIpc) is 2.92. The van der Waals surface area contributed by atoms with Gasteiger partial charge in [0.2, 0.25) is 0 Å². The molecular weight excluding hydrogens is 460 g/mol. The number of ether oxygens (including phenoxy) is 2. The van der Waals surface area contributed by atoms with Gasteiger partial charge in [-0.15, -0.1) is 0 Å². The Morgan fingerprint density at radius 3 is 2.44 bits per heavy atom. The Balaban J connectivity index is 1.66. The van der Waals surface area contributed by atoms with E-state index < -0.39 is 6.09 Å². The normalized spacial score (nSPS) is 19.2. The smallest absolute Gasteiger partial charge is 0.434 e. The van der Waals surface area contributed by atoms with Gasteiger partial charge in [0, 0.05) is 18.4 Å². The molecule has 36 heavy (non-hydrogen) atoms. The van der Waals surface area contributed by atoms with Gasteiger partial charge in [-0.1, -0.05) is 49.4 Å². The molecule has 2 aromatic rings. The molecule has 1 N–H and O–H groups in total. The molecule has 1 fully saturated rings. The number of nitrogens with one attached hydrogen (secondary N) is 1. The van der Waals surface area contributed by atoms with E-state index in [-0.39, 0.29) is 30.5 Å². The van der Waals surface area contributed by atoms with Crippen LogP contribution in [0.15, 0.2) is 54.6 Å². The number of carbonyl (C=O) groups is 3. The van der Waals surface area contributed by atoms with Crippen LogP contribution in [0.2, 0.25) is 0 Å². The summed E-state index contributed by atoms with van der Waals surface area (Å²) in [5.74, 6) is 0.352. The molecule has 8 heteroatoms. The van der Waals surface area contributed by atoms with Crippen LogP contribution in [0.1, 0.15) is 61.4 Å². The number of hydrogen-bond acceptors (Lipinski definition) is 6. The summed E-state index contributed by atoms with van der Waals surface area (Å²) < 4.78 is 11.1. The zero-order chi connectivity index (χ0) is 25.8. The van der Waals surface area contributed by atoms with Gasteiger partial charge in [-0.2, -0.15) is 5.06 Å². The molecule has 0 heterocycles. The summed E-state index contributed by atoms with van der Waals surface area (Å²) in [6.45, 7) is 2.95. The van der Waals surface area contributed by atoms with E-state index in [1.54, 1.807) is 19.2 Å². The predicted molar refractivity (Wildman–Crippen MR) is 136 cm³/mol. The van der Waals surface area contributed by atoms with E-state index in [1.165, 1.54) is 5.06 Å². The van der Waals surface area contributed by atoms with Crippen molar-refractivity contribution in [3.05, 3.63) is 65.7 Å². The third-order valence-corrected chi connectivity index (χ3v) is 6.60. The Bertz CT molecular complexity index is 989. The van der Waals surface area contributed by atoms with Crippen molar-refractivity contribution in [2.24, 2.45) is 0 Å². The Morgan fingerprint density at radius 2 is 1.78 bits per heavy atom. The molecule has 194 valence electrons. The van der Waals surface area contributed by atoms with E-state index in [2.05, 4.69) is 17.4 Å². The van der Waals surface area contributed by atoms with Crippen molar-refractivity contribution in [2.45, 2.75) is 57.0 Å². The standard InChI is InChI=1S/C28H36N2O6/c1-3-18-30(35-20-9-19-31)27(33)36-23-14-16-28(17-15-23,22-10-5-4-6-11-22)21-29-26(32)24-12-7-8-13-25(24)34-2/h4-8,10-13,19,23H,3,9,14-18,20-21H2,1-2H3,(H,29,32). The van der Waals surface area contributed by atoms with Gasteiger partial charge >= 0.3 is 6.09 Å². The number of hydroxylamine groups is 2. The summed E-state index contributed by atoms with van der Waals surface area (Å²) in [6, 6.07) is 17.3. The van der Waals surface area contributed by atoms with Crippen LogP contribution >= 0.6 is 0 Å². The number of amides is 2. The van der Waals surface area contributed by atoms with Crippen molar-refractivity contribution < 1.29 is 28.7 Å². The van der Waals surface area contributed by atoms with Crippen LogP contribution in [0.4, 0.5) is 4.79 Å². The van der Waals surface area contributed by atoms with Crippen LogP contribution in [0, 0.1) is 0 Å². The number of para-hydroxylation sites is 1. The molecule has 3 rings (SSSR count). The van der Waals surface area contributed by atoms with Gasteiger partial charge in [-0.3, -0.25) is 9.63 Å². The zero-order valence-corrected chi connectivity index (χ0v) is 21.1. The molecule has 1 aliphatic rings. The Kier molecular flexibility index (Phi) is 10.3. The fraction of sp³-hybridized carbons (Fsp3) is 0.464. The number of methoxy groups -OCH3 is 1. The minimum atomic E-state index is -0.524. The molecule has 0 aliphatic heterocycles. The van der Waals surface area contributed by atoms with Crippen LogP contribution in [-0.2, 0) is 19.8 Å². The van der Waals surface area contributed by atoms with Crippen LogP contribution in [-0.4, -0.2) is 56.3 Å². The molecular formula is C28H36N2O6. The topological polar surface area (TPSA) is 94.2 Å². The first-order chi connectivity index (χ1) is 17.5. The number of nitrogens with zero attached hydrogens (tertiary/aromatic N) is 1. The maximum atomic E-state index is 13.0. The molecule has 1 aliphatic carbocycles. The van der Waals surface area contributed by atoms with Gasteiger partial charge in [0.25, 0.3) is 5.91 Å². The lowest BCUT2D eigenvalue weighted by Gasteiger charge is -2.41. The SMILES string of the molecule is CCCN(OCCC=O)C(=O)OC1CCC(CNC(=O)c2ccccc2OC)(c2ccccc2)CC1. The van der Waals surface area contributed by atoms with Crippen LogP contribution < -0.4 is 10.1 Å². The highest BCUT2D eigenvalue weighted by atomic mass is 16.7. The lowest BCUT2D eigenvalue weighted by molar-refractivity contribution is -0.146. The number of hydrogen-bond donors (Lipinski definition) is 1. The molecule has 8 nitrogen and oxygen atoms in total.